The summed E-state index contributed by atoms with van der Waals surface area (Å²) < 4.78 is 7.42. The van der Waals surface area contributed by atoms with Gasteiger partial charge in [-0.25, -0.2) is 0 Å². The number of thioether (sulfide) groups is 1. The summed E-state index contributed by atoms with van der Waals surface area (Å²) in [6.07, 6.45) is 1.67. The van der Waals surface area contributed by atoms with Crippen molar-refractivity contribution in [1.29, 1.82) is 0 Å². The van der Waals surface area contributed by atoms with E-state index in [0.29, 0.717) is 17.3 Å². The van der Waals surface area contributed by atoms with Crippen LogP contribution in [0.15, 0.2) is 50.2 Å². The minimum atomic E-state index is -0.373. The number of ether oxygens (including phenoxy) is 1. The van der Waals surface area contributed by atoms with Crippen LogP contribution in [0.25, 0.3) is 6.08 Å². The zero-order chi connectivity index (χ0) is 18.0. The van der Waals surface area contributed by atoms with E-state index in [9.17, 15) is 9.59 Å². The van der Waals surface area contributed by atoms with E-state index in [0.717, 1.165) is 31.8 Å². The molecule has 0 radical (unpaired) electrons. The summed E-state index contributed by atoms with van der Waals surface area (Å²) in [5.74, 6) is 0.310. The third-order valence-corrected chi connectivity index (χ3v) is 5.45. The highest BCUT2D eigenvalue weighted by atomic mass is 79.9. The van der Waals surface area contributed by atoms with Crippen molar-refractivity contribution in [2.24, 2.45) is 0 Å². The highest BCUT2D eigenvalue weighted by molar-refractivity contribution is 9.11. The Morgan fingerprint density at radius 1 is 1.12 bits per heavy atom. The first-order valence-corrected chi connectivity index (χ1v) is 9.75. The molecule has 0 aromatic heterocycles. The normalized spacial score (nSPS) is 15.6. The lowest BCUT2D eigenvalue weighted by molar-refractivity contribution is -0.115. The van der Waals surface area contributed by atoms with Gasteiger partial charge in [0.25, 0.3) is 11.1 Å². The summed E-state index contributed by atoms with van der Waals surface area (Å²) in [4.78, 5) is 23.2. The van der Waals surface area contributed by atoms with Gasteiger partial charge in [0.1, 0.15) is 12.4 Å². The third kappa shape index (κ3) is 4.54. The van der Waals surface area contributed by atoms with Crippen molar-refractivity contribution < 1.29 is 14.3 Å². The number of amides is 2. The quantitative estimate of drug-likeness (QED) is 0.591. The van der Waals surface area contributed by atoms with Crippen LogP contribution in [0, 0.1) is 6.92 Å². The van der Waals surface area contributed by atoms with E-state index in [1.807, 2.05) is 43.3 Å². The summed E-state index contributed by atoms with van der Waals surface area (Å²) in [6.45, 7) is 2.49. The van der Waals surface area contributed by atoms with Crippen molar-refractivity contribution in [3.8, 4) is 5.75 Å². The Labute approximate surface area is 166 Å². The zero-order valence-corrected chi connectivity index (χ0v) is 17.1. The molecular weight excluding hydrogens is 470 g/mol. The number of hydrogen-bond acceptors (Lipinski definition) is 4. The van der Waals surface area contributed by atoms with E-state index in [1.165, 1.54) is 5.56 Å². The molecule has 1 saturated heterocycles. The molecule has 4 nitrogen and oxygen atoms in total. The summed E-state index contributed by atoms with van der Waals surface area (Å²) >= 11 is 7.89. The number of rotatable bonds is 4. The molecule has 0 aliphatic carbocycles. The van der Waals surface area contributed by atoms with E-state index >= 15 is 0 Å². The molecule has 0 atom stereocenters. The highest BCUT2D eigenvalue weighted by Crippen LogP contribution is 2.37. The molecule has 128 valence electrons. The monoisotopic (exact) mass is 481 g/mol. The Morgan fingerprint density at radius 3 is 2.32 bits per heavy atom. The number of halogens is 2. The Bertz CT molecular complexity index is 855. The molecular formula is C18H13Br2NO3S. The van der Waals surface area contributed by atoms with Gasteiger partial charge in [0.15, 0.2) is 0 Å². The topological polar surface area (TPSA) is 55.4 Å². The molecule has 25 heavy (non-hydrogen) atoms. The van der Waals surface area contributed by atoms with Crippen LogP contribution in [-0.4, -0.2) is 11.1 Å². The van der Waals surface area contributed by atoms with Gasteiger partial charge in [0, 0.05) is 0 Å². The van der Waals surface area contributed by atoms with Crippen LogP contribution >= 0.6 is 43.6 Å². The lowest BCUT2D eigenvalue weighted by Crippen LogP contribution is -2.17. The van der Waals surface area contributed by atoms with Crippen LogP contribution in [0.5, 0.6) is 5.75 Å². The maximum absolute atomic E-state index is 11.6. The van der Waals surface area contributed by atoms with Gasteiger partial charge < -0.3 is 4.74 Å². The van der Waals surface area contributed by atoms with E-state index in [4.69, 9.17) is 4.74 Å². The number of imide groups is 1. The van der Waals surface area contributed by atoms with E-state index in [-0.39, 0.29) is 11.1 Å². The molecule has 1 fully saturated rings. The molecule has 0 saturated carbocycles. The number of hydrogen-bond donors (Lipinski definition) is 1. The van der Waals surface area contributed by atoms with Gasteiger partial charge in [-0.15, -0.1) is 0 Å². The van der Waals surface area contributed by atoms with Crippen LogP contribution in [0.1, 0.15) is 16.7 Å². The van der Waals surface area contributed by atoms with Gasteiger partial charge in [-0.2, -0.15) is 0 Å². The van der Waals surface area contributed by atoms with Gasteiger partial charge >= 0.3 is 0 Å². The predicted octanol–water partition coefficient (Wildman–Crippen LogP) is 5.42. The van der Waals surface area contributed by atoms with Crippen molar-refractivity contribution in [2.45, 2.75) is 13.5 Å². The number of carbonyl (C=O) groups is 2. The number of carbonyl (C=O) groups excluding carboxylic acids is 2. The molecule has 1 heterocycles. The second-order valence-electron chi connectivity index (χ2n) is 5.44. The molecule has 2 aromatic carbocycles. The smallest absolute Gasteiger partial charge is 0.290 e. The van der Waals surface area contributed by atoms with Crippen molar-refractivity contribution in [1.82, 2.24) is 5.32 Å². The van der Waals surface area contributed by atoms with E-state index in [1.54, 1.807) is 6.08 Å². The largest absolute Gasteiger partial charge is 0.487 e. The van der Waals surface area contributed by atoms with Crippen LogP contribution in [0.2, 0.25) is 0 Å². The van der Waals surface area contributed by atoms with Crippen molar-refractivity contribution in [2.75, 3.05) is 0 Å². The van der Waals surface area contributed by atoms with Crippen LogP contribution in [0.3, 0.4) is 0 Å². The predicted molar refractivity (Wildman–Crippen MR) is 106 cm³/mol. The van der Waals surface area contributed by atoms with E-state index in [2.05, 4.69) is 37.2 Å². The fraction of sp³-hybridized carbons (Fsp3) is 0.111. The highest BCUT2D eigenvalue weighted by Gasteiger charge is 2.25. The minimum absolute atomic E-state index is 0.354. The lowest BCUT2D eigenvalue weighted by Gasteiger charge is -2.12. The first-order valence-electron chi connectivity index (χ1n) is 7.34. The SMILES string of the molecule is Cc1ccc(COc2c(Br)cc(/C=C3\SC(=O)NC3=O)cc2Br)cc1. The molecule has 0 spiro atoms. The van der Waals surface area contributed by atoms with Gasteiger partial charge in [-0.3, -0.25) is 14.9 Å². The maximum atomic E-state index is 11.6. The standard InChI is InChI=1S/C18H13Br2NO3S/c1-10-2-4-11(5-3-10)9-24-16-13(19)6-12(7-14(16)20)8-15-17(22)21-18(23)25-15/h2-8H,9H2,1H3,(H,21,22,23)/b15-8-. The Kier molecular flexibility index (Phi) is 5.66. The number of benzene rings is 2. The Hall–Kier alpha value is -1.57. The van der Waals surface area contributed by atoms with Gasteiger partial charge in [-0.05, 0) is 79.9 Å². The first-order chi connectivity index (χ1) is 11.9. The number of aryl methyl sites for hydroxylation is 1. The van der Waals surface area contributed by atoms with Crippen LogP contribution in [-0.2, 0) is 11.4 Å². The maximum Gasteiger partial charge on any atom is 0.290 e. The summed E-state index contributed by atoms with van der Waals surface area (Å²) in [5, 5.41) is 1.88. The molecule has 0 bridgehead atoms. The molecule has 2 aromatic rings. The average Bonchev–Trinajstić information content (AvgIpc) is 2.86. The van der Waals surface area contributed by atoms with Crippen LogP contribution in [0.4, 0.5) is 4.79 Å². The molecule has 3 rings (SSSR count). The molecule has 1 N–H and O–H groups in total. The fourth-order valence-electron chi connectivity index (χ4n) is 2.21. The molecule has 7 heteroatoms. The van der Waals surface area contributed by atoms with Gasteiger partial charge in [0.2, 0.25) is 0 Å². The third-order valence-electron chi connectivity index (χ3n) is 3.46. The Balaban J connectivity index is 1.78. The molecule has 0 unspecified atom stereocenters. The summed E-state index contributed by atoms with van der Waals surface area (Å²) in [6, 6.07) is 11.8. The summed E-state index contributed by atoms with van der Waals surface area (Å²) in [5.41, 5.74) is 3.07. The molecule has 1 aliphatic heterocycles. The first kappa shape index (κ1) is 18.2. The van der Waals surface area contributed by atoms with Crippen LogP contribution < -0.4 is 10.1 Å². The van der Waals surface area contributed by atoms with Crippen molar-refractivity contribution >= 4 is 60.8 Å². The minimum Gasteiger partial charge on any atom is -0.487 e. The second kappa shape index (κ2) is 7.76. The van der Waals surface area contributed by atoms with E-state index < -0.39 is 0 Å². The zero-order valence-electron chi connectivity index (χ0n) is 13.1. The Morgan fingerprint density at radius 2 is 1.76 bits per heavy atom. The van der Waals surface area contributed by atoms with Crippen molar-refractivity contribution in [3.63, 3.8) is 0 Å². The molecule has 1 aliphatic rings. The van der Waals surface area contributed by atoms with Gasteiger partial charge in [0.05, 0.1) is 13.9 Å². The average molecular weight is 483 g/mol. The fourth-order valence-corrected chi connectivity index (χ4v) is 4.35. The van der Waals surface area contributed by atoms with Gasteiger partial charge in [-0.1, -0.05) is 29.8 Å². The summed E-state index contributed by atoms with van der Waals surface area (Å²) in [7, 11) is 0. The number of nitrogens with one attached hydrogen (secondary N) is 1. The lowest BCUT2D eigenvalue weighted by atomic mass is 10.1. The second-order valence-corrected chi connectivity index (χ2v) is 8.16. The molecule has 2 amide bonds. The van der Waals surface area contributed by atoms with Crippen molar-refractivity contribution in [3.05, 3.63) is 66.9 Å².